The second kappa shape index (κ2) is 18.5. The van der Waals surface area contributed by atoms with Crippen molar-refractivity contribution < 1.29 is 13.9 Å². The van der Waals surface area contributed by atoms with Crippen molar-refractivity contribution >= 4 is 124 Å². The standard InChI is InChI=1S/C80H59B2N3O3/c1-79(2,3)50-41-68-75-73(43-50)87-72-47-67-61(46-62(72)81(75)59-33-16-19-36-65(59)84(68)66-37-22-32-58-57-29-15-20-38-70(57)88-78(58)66)82-60-40-39-52(83-63-34-17-13-27-55(63)56-28-14-18-35-64(56)83)45-71(60)86-74-44-51(80(4,5)6)42-69(76(74)82)85(67)77-53(48-23-9-7-10-24-48)30-21-31-54(77)49-25-11-8-12-26-49/h7-47H,1-6H3. The van der Waals surface area contributed by atoms with Gasteiger partial charge in [0.05, 0.1) is 22.4 Å². The lowest BCUT2D eigenvalue weighted by Gasteiger charge is -2.44. The first-order valence-corrected chi connectivity index (χ1v) is 30.8. The molecule has 0 saturated carbocycles. The Morgan fingerprint density at radius 3 is 1.51 bits per heavy atom. The van der Waals surface area contributed by atoms with E-state index in [1.165, 1.54) is 32.8 Å². The summed E-state index contributed by atoms with van der Waals surface area (Å²) in [6.07, 6.45) is 0. The van der Waals surface area contributed by atoms with Crippen molar-refractivity contribution in [1.82, 2.24) is 4.57 Å². The summed E-state index contributed by atoms with van der Waals surface area (Å²) in [7, 11) is 0. The number of benzene rings is 12. The Balaban J connectivity index is 0.935. The van der Waals surface area contributed by atoms with Crippen LogP contribution in [0.2, 0.25) is 0 Å². The molecule has 88 heavy (non-hydrogen) atoms. The van der Waals surface area contributed by atoms with E-state index >= 15 is 0 Å². The van der Waals surface area contributed by atoms with Gasteiger partial charge in [-0.2, -0.15) is 0 Å². The maximum atomic E-state index is 7.74. The third-order valence-electron chi connectivity index (χ3n) is 19.2. The Labute approximate surface area is 512 Å². The van der Waals surface area contributed by atoms with Gasteiger partial charge in [-0.3, -0.25) is 0 Å². The van der Waals surface area contributed by atoms with Crippen LogP contribution in [-0.2, 0) is 10.8 Å². The number of ether oxygens (including phenoxy) is 2. The van der Waals surface area contributed by atoms with Crippen LogP contribution in [0.25, 0.3) is 71.7 Å². The van der Waals surface area contributed by atoms with Gasteiger partial charge >= 0.3 is 0 Å². The molecule has 0 bridgehead atoms. The molecule has 0 amide bonds. The summed E-state index contributed by atoms with van der Waals surface area (Å²) in [6, 6.07) is 91.4. The van der Waals surface area contributed by atoms with Crippen molar-refractivity contribution in [3.8, 4) is 50.9 Å². The highest BCUT2D eigenvalue weighted by Crippen LogP contribution is 2.52. The van der Waals surface area contributed by atoms with Crippen LogP contribution in [0, 0.1) is 0 Å². The van der Waals surface area contributed by atoms with E-state index in [-0.39, 0.29) is 24.3 Å². The van der Waals surface area contributed by atoms with Crippen LogP contribution >= 0.6 is 0 Å². The van der Waals surface area contributed by atoms with Gasteiger partial charge in [0.2, 0.25) is 0 Å². The molecule has 6 nitrogen and oxygen atoms in total. The number of fused-ring (bicyclic) bond motifs is 14. The predicted molar refractivity (Wildman–Crippen MR) is 368 cm³/mol. The zero-order valence-electron chi connectivity index (χ0n) is 49.9. The summed E-state index contributed by atoms with van der Waals surface area (Å²) in [5, 5.41) is 4.63. The molecule has 4 aliphatic heterocycles. The van der Waals surface area contributed by atoms with E-state index in [0.29, 0.717) is 0 Å². The van der Waals surface area contributed by atoms with Crippen molar-refractivity contribution in [3.63, 3.8) is 0 Å². The van der Waals surface area contributed by atoms with E-state index in [0.717, 1.165) is 140 Å². The maximum Gasteiger partial charge on any atom is 0.256 e. The molecule has 18 rings (SSSR count). The van der Waals surface area contributed by atoms with Crippen molar-refractivity contribution in [1.29, 1.82) is 0 Å². The molecule has 418 valence electrons. The molecule has 0 fully saturated rings. The van der Waals surface area contributed by atoms with E-state index in [1.807, 2.05) is 0 Å². The zero-order valence-corrected chi connectivity index (χ0v) is 49.9. The first-order valence-electron chi connectivity index (χ1n) is 30.8. The zero-order chi connectivity index (χ0) is 58.9. The van der Waals surface area contributed by atoms with Crippen LogP contribution < -0.4 is 52.1 Å². The van der Waals surface area contributed by atoms with Crippen LogP contribution in [-0.4, -0.2) is 18.0 Å². The van der Waals surface area contributed by atoms with Gasteiger partial charge in [-0.25, -0.2) is 0 Å². The average Bonchev–Trinajstić information content (AvgIpc) is 0.819. The van der Waals surface area contributed by atoms with Gasteiger partial charge in [-0.05, 0) is 127 Å². The summed E-state index contributed by atoms with van der Waals surface area (Å²) in [5.41, 5.74) is 24.8. The first-order chi connectivity index (χ1) is 42.9. The highest BCUT2D eigenvalue weighted by atomic mass is 16.5. The van der Waals surface area contributed by atoms with E-state index in [4.69, 9.17) is 13.9 Å². The molecule has 4 aliphatic rings. The monoisotopic (exact) mass is 1130 g/mol. The SMILES string of the molecule is CC(C)(C)c1cc2c3c(c1)N(c1c(-c4ccccc4)cccc1-c1ccccc1)c1cc4c(cc1B3c1ccc(-n3c5ccccc5c5ccccc53)cc1O2)B1c2ccccc2N(c2cccc3c2oc2ccccc23)c2cc(C(C)(C)C)cc(c21)O4. The fourth-order valence-electron chi connectivity index (χ4n) is 15.0. The van der Waals surface area contributed by atoms with Gasteiger partial charge in [-0.15, -0.1) is 0 Å². The molecule has 12 aromatic carbocycles. The lowest BCUT2D eigenvalue weighted by atomic mass is 9.31. The van der Waals surface area contributed by atoms with Gasteiger partial charge in [0, 0.05) is 73.2 Å². The minimum Gasteiger partial charge on any atom is -0.458 e. The number of nitrogens with zero attached hydrogens (tertiary/aromatic N) is 3. The molecular weight excluding hydrogens is 1070 g/mol. The van der Waals surface area contributed by atoms with Gasteiger partial charge in [0.1, 0.15) is 28.6 Å². The third-order valence-corrected chi connectivity index (χ3v) is 19.2. The Bertz CT molecular complexity index is 5170. The number of aromatic nitrogens is 1. The van der Waals surface area contributed by atoms with Crippen molar-refractivity contribution in [2.45, 2.75) is 52.4 Å². The van der Waals surface area contributed by atoms with Crippen LogP contribution in [0.15, 0.2) is 253 Å². The fraction of sp³-hybridized carbons (Fsp3) is 0.100. The van der Waals surface area contributed by atoms with Gasteiger partial charge in [0.25, 0.3) is 13.4 Å². The molecular formula is C80H59B2N3O3. The Morgan fingerprint density at radius 2 is 0.864 bits per heavy atom. The molecule has 6 heterocycles. The van der Waals surface area contributed by atoms with Crippen molar-refractivity contribution in [2.24, 2.45) is 0 Å². The van der Waals surface area contributed by atoms with Crippen LogP contribution in [0.5, 0.6) is 23.0 Å². The number of anilines is 6. The summed E-state index contributed by atoms with van der Waals surface area (Å²) in [5.74, 6) is 3.41. The first kappa shape index (κ1) is 50.9. The summed E-state index contributed by atoms with van der Waals surface area (Å²) >= 11 is 0. The molecule has 0 N–H and O–H groups in total. The highest BCUT2D eigenvalue weighted by molar-refractivity contribution is 7.02. The Hall–Kier alpha value is -10.4. The topological polar surface area (TPSA) is 43.0 Å². The number of para-hydroxylation sites is 6. The number of hydrogen-bond acceptors (Lipinski definition) is 5. The largest absolute Gasteiger partial charge is 0.458 e. The van der Waals surface area contributed by atoms with E-state index in [2.05, 4.69) is 305 Å². The molecule has 0 aliphatic carbocycles. The van der Waals surface area contributed by atoms with Crippen molar-refractivity contribution in [2.75, 3.05) is 9.80 Å². The molecule has 0 spiro atoms. The smallest absolute Gasteiger partial charge is 0.256 e. The molecule has 14 aromatic rings. The highest BCUT2D eigenvalue weighted by Gasteiger charge is 2.48. The number of rotatable bonds is 5. The lowest BCUT2D eigenvalue weighted by molar-refractivity contribution is 0.482. The van der Waals surface area contributed by atoms with Gasteiger partial charge < -0.3 is 28.3 Å². The van der Waals surface area contributed by atoms with Crippen LogP contribution in [0.3, 0.4) is 0 Å². The quantitative estimate of drug-likeness (QED) is 0.161. The van der Waals surface area contributed by atoms with Gasteiger partial charge in [0.15, 0.2) is 5.58 Å². The number of furan rings is 1. The second-order valence-electron chi connectivity index (χ2n) is 26.3. The lowest BCUT2D eigenvalue weighted by Crippen LogP contribution is -2.63. The second-order valence-corrected chi connectivity index (χ2v) is 26.3. The van der Waals surface area contributed by atoms with Crippen LogP contribution in [0.4, 0.5) is 34.1 Å². The molecule has 0 saturated heterocycles. The molecule has 0 radical (unpaired) electrons. The summed E-state index contributed by atoms with van der Waals surface area (Å²) in [4.78, 5) is 5.02. The molecule has 2 aromatic heterocycles. The average molecular weight is 1130 g/mol. The predicted octanol–water partition coefficient (Wildman–Crippen LogP) is 17.4. The summed E-state index contributed by atoms with van der Waals surface area (Å²) < 4.78 is 24.6. The normalized spacial score (nSPS) is 13.7. The molecule has 0 atom stereocenters. The minimum atomic E-state index is -0.244. The molecule has 8 heteroatoms. The van der Waals surface area contributed by atoms with Gasteiger partial charge in [-0.1, -0.05) is 217 Å². The number of hydrogen-bond donors (Lipinski definition) is 0. The fourth-order valence-corrected chi connectivity index (χ4v) is 15.0. The van der Waals surface area contributed by atoms with E-state index in [1.54, 1.807) is 0 Å². The Morgan fingerprint density at radius 1 is 0.341 bits per heavy atom. The molecule has 0 unspecified atom stereocenters. The maximum absolute atomic E-state index is 7.74. The minimum absolute atomic E-state index is 0.193. The Kier molecular flexibility index (Phi) is 10.7. The van der Waals surface area contributed by atoms with Crippen LogP contribution in [0.1, 0.15) is 52.7 Å². The third kappa shape index (κ3) is 7.38. The van der Waals surface area contributed by atoms with E-state index in [9.17, 15) is 0 Å². The van der Waals surface area contributed by atoms with Crippen molar-refractivity contribution in [3.05, 3.63) is 260 Å². The van der Waals surface area contributed by atoms with E-state index < -0.39 is 0 Å². The summed E-state index contributed by atoms with van der Waals surface area (Å²) in [6.45, 7) is 13.4.